The quantitative estimate of drug-likeness (QED) is 0.638. The molecule has 0 unspecified atom stereocenters. The van der Waals surface area contributed by atoms with E-state index in [0.717, 1.165) is 0 Å². The molecule has 0 radical (unpaired) electrons. The van der Waals surface area contributed by atoms with E-state index in [0.29, 0.717) is 22.5 Å². The third-order valence-corrected chi connectivity index (χ3v) is 4.67. The van der Waals surface area contributed by atoms with Crippen molar-refractivity contribution in [2.75, 3.05) is 17.6 Å². The van der Waals surface area contributed by atoms with Crippen LogP contribution in [0.1, 0.15) is 0 Å². The molecule has 2 N–H and O–H groups in total. The number of nitrogens with zero attached hydrogens (tertiary/aromatic N) is 3. The average molecular weight is 372 g/mol. The number of fused-ring (bicyclic) bond motifs is 1. The van der Waals surface area contributed by atoms with E-state index in [1.54, 1.807) is 24.3 Å². The summed E-state index contributed by atoms with van der Waals surface area (Å²) in [6.07, 6.45) is 2.61. The molecule has 0 atom stereocenters. The summed E-state index contributed by atoms with van der Waals surface area (Å²) < 4.78 is 31.1. The summed E-state index contributed by atoms with van der Waals surface area (Å²) in [5.41, 5.74) is 2.09. The molecule has 26 heavy (non-hydrogen) atoms. The van der Waals surface area contributed by atoms with Gasteiger partial charge in [-0.3, -0.25) is 4.72 Å². The first-order valence-electron chi connectivity index (χ1n) is 7.54. The van der Waals surface area contributed by atoms with E-state index in [1.165, 1.54) is 25.4 Å². The summed E-state index contributed by atoms with van der Waals surface area (Å²) in [5, 5.41) is 9.70. The van der Waals surface area contributed by atoms with Crippen molar-refractivity contribution >= 4 is 27.0 Å². The van der Waals surface area contributed by atoms with E-state index in [1.807, 2.05) is 0 Å². The molecule has 2 aromatic heterocycles. The van der Waals surface area contributed by atoms with Crippen molar-refractivity contribution in [2.24, 2.45) is 0 Å². The van der Waals surface area contributed by atoms with Crippen LogP contribution in [-0.2, 0) is 10.0 Å². The van der Waals surface area contributed by atoms with Gasteiger partial charge in [-0.1, -0.05) is 6.08 Å². The van der Waals surface area contributed by atoms with Crippen LogP contribution < -0.4 is 9.46 Å². The fourth-order valence-corrected chi connectivity index (χ4v) is 3.11. The van der Waals surface area contributed by atoms with Crippen molar-refractivity contribution in [3.8, 4) is 22.8 Å². The summed E-state index contributed by atoms with van der Waals surface area (Å²) in [4.78, 5) is 12.8. The van der Waals surface area contributed by atoms with Crippen molar-refractivity contribution in [2.45, 2.75) is 0 Å². The van der Waals surface area contributed by atoms with Crippen LogP contribution in [0.4, 0.5) is 5.82 Å². The SMILES string of the molecule is C=CCS(=O)(=O)Nc1cnc2ccc(-c3ccc(O)c(OC)c3)nc2n1. The van der Waals surface area contributed by atoms with E-state index in [-0.39, 0.29) is 23.0 Å². The molecule has 0 aliphatic rings. The van der Waals surface area contributed by atoms with Gasteiger partial charge in [0.15, 0.2) is 23.0 Å². The summed E-state index contributed by atoms with van der Waals surface area (Å²) in [5.74, 6) is 0.192. The first-order valence-corrected chi connectivity index (χ1v) is 9.19. The number of methoxy groups -OCH3 is 1. The summed E-state index contributed by atoms with van der Waals surface area (Å²) >= 11 is 0. The smallest absolute Gasteiger partial charge is 0.237 e. The molecule has 3 aromatic rings. The molecule has 0 fully saturated rings. The molecule has 8 nitrogen and oxygen atoms in total. The predicted octanol–water partition coefficient (Wildman–Crippen LogP) is 2.33. The topological polar surface area (TPSA) is 114 Å². The summed E-state index contributed by atoms with van der Waals surface area (Å²) in [6, 6.07) is 8.33. The van der Waals surface area contributed by atoms with Gasteiger partial charge < -0.3 is 9.84 Å². The molecule has 0 saturated heterocycles. The zero-order chi connectivity index (χ0) is 18.7. The summed E-state index contributed by atoms with van der Waals surface area (Å²) in [6.45, 7) is 3.41. The number of anilines is 1. The van der Waals surface area contributed by atoms with Crippen molar-refractivity contribution < 1.29 is 18.3 Å². The molecule has 0 amide bonds. The van der Waals surface area contributed by atoms with Gasteiger partial charge >= 0.3 is 0 Å². The minimum absolute atomic E-state index is 0.0238. The Hall–Kier alpha value is -3.20. The van der Waals surface area contributed by atoms with Crippen molar-refractivity contribution in [3.05, 3.63) is 49.2 Å². The molecule has 0 aliphatic heterocycles. The second kappa shape index (κ2) is 6.96. The largest absolute Gasteiger partial charge is 0.504 e. The minimum Gasteiger partial charge on any atom is -0.504 e. The lowest BCUT2D eigenvalue weighted by Crippen LogP contribution is -2.16. The number of hydrogen-bond acceptors (Lipinski definition) is 7. The van der Waals surface area contributed by atoms with Gasteiger partial charge in [-0.2, -0.15) is 0 Å². The van der Waals surface area contributed by atoms with Crippen molar-refractivity contribution in [1.82, 2.24) is 15.0 Å². The molecule has 2 heterocycles. The molecule has 0 saturated carbocycles. The number of sulfonamides is 1. The van der Waals surface area contributed by atoms with Crippen molar-refractivity contribution in [3.63, 3.8) is 0 Å². The first kappa shape index (κ1) is 17.6. The Morgan fingerprint density at radius 2 is 2.08 bits per heavy atom. The highest BCUT2D eigenvalue weighted by atomic mass is 32.2. The first-order chi connectivity index (χ1) is 12.4. The molecule has 0 spiro atoms. The van der Waals surface area contributed by atoms with E-state index >= 15 is 0 Å². The van der Waals surface area contributed by atoms with Crippen LogP contribution in [0.15, 0.2) is 49.2 Å². The molecule has 3 rings (SSSR count). The van der Waals surface area contributed by atoms with Crippen LogP contribution in [0.3, 0.4) is 0 Å². The zero-order valence-corrected chi connectivity index (χ0v) is 14.7. The van der Waals surface area contributed by atoms with E-state index in [2.05, 4.69) is 26.3 Å². The van der Waals surface area contributed by atoms with Gasteiger partial charge in [0.25, 0.3) is 0 Å². The Bertz CT molecular complexity index is 1080. The van der Waals surface area contributed by atoms with E-state index in [9.17, 15) is 13.5 Å². The second-order valence-electron chi connectivity index (χ2n) is 5.35. The number of aromatic nitrogens is 3. The maximum Gasteiger partial charge on any atom is 0.237 e. The minimum atomic E-state index is -3.57. The number of ether oxygens (including phenoxy) is 1. The Labute approximate surface area is 150 Å². The van der Waals surface area contributed by atoms with Gasteiger partial charge in [-0.25, -0.2) is 23.4 Å². The second-order valence-corrected chi connectivity index (χ2v) is 7.12. The van der Waals surface area contributed by atoms with Crippen molar-refractivity contribution in [1.29, 1.82) is 0 Å². The molecule has 1 aromatic carbocycles. The number of phenols is 1. The number of phenolic OH excluding ortho intramolecular Hbond substituents is 1. The number of benzene rings is 1. The maximum atomic E-state index is 11.8. The Balaban J connectivity index is 2.01. The standard InChI is InChI=1S/C17H16N4O4S/c1-3-8-26(23,24)21-16-10-18-13-6-5-12(19-17(13)20-16)11-4-7-14(22)15(9-11)25-2/h3-7,9-10,22H,1,8H2,2H3,(H,19,20,21). The van der Waals surface area contributed by atoms with Gasteiger partial charge in [-0.15, -0.1) is 6.58 Å². The lowest BCUT2D eigenvalue weighted by Gasteiger charge is -2.08. The number of nitrogens with one attached hydrogen (secondary N) is 1. The summed E-state index contributed by atoms with van der Waals surface area (Å²) in [7, 11) is -2.11. The maximum absolute atomic E-state index is 11.8. The van der Waals surface area contributed by atoms with Gasteiger partial charge in [0, 0.05) is 5.56 Å². The fraction of sp³-hybridized carbons (Fsp3) is 0.118. The van der Waals surface area contributed by atoms with Gasteiger partial charge in [0.1, 0.15) is 5.52 Å². The molecule has 9 heteroatoms. The molecule has 0 bridgehead atoms. The fourth-order valence-electron chi connectivity index (χ4n) is 2.30. The highest BCUT2D eigenvalue weighted by molar-refractivity contribution is 7.92. The van der Waals surface area contributed by atoms with Crippen LogP contribution in [0, 0.1) is 0 Å². The normalized spacial score (nSPS) is 11.3. The van der Waals surface area contributed by atoms with Crippen LogP contribution >= 0.6 is 0 Å². The van der Waals surface area contributed by atoms with E-state index in [4.69, 9.17) is 4.74 Å². The Kier molecular flexibility index (Phi) is 4.72. The zero-order valence-electron chi connectivity index (χ0n) is 13.9. The van der Waals surface area contributed by atoms with Crippen LogP contribution in [0.5, 0.6) is 11.5 Å². The Morgan fingerprint density at radius 1 is 1.27 bits per heavy atom. The van der Waals surface area contributed by atoms with Gasteiger partial charge in [-0.05, 0) is 30.3 Å². The third-order valence-electron chi connectivity index (χ3n) is 3.48. The van der Waals surface area contributed by atoms with Crippen LogP contribution in [0.25, 0.3) is 22.4 Å². The highest BCUT2D eigenvalue weighted by Crippen LogP contribution is 2.31. The highest BCUT2D eigenvalue weighted by Gasteiger charge is 2.11. The molecular formula is C17H16N4O4S. The van der Waals surface area contributed by atoms with Gasteiger partial charge in [0.2, 0.25) is 10.0 Å². The lowest BCUT2D eigenvalue weighted by molar-refractivity contribution is 0.373. The van der Waals surface area contributed by atoms with E-state index < -0.39 is 10.0 Å². The third kappa shape index (κ3) is 3.72. The van der Waals surface area contributed by atoms with Gasteiger partial charge in [0.05, 0.1) is 24.8 Å². The molecular weight excluding hydrogens is 356 g/mol. The monoisotopic (exact) mass is 372 g/mol. The Morgan fingerprint density at radius 3 is 2.81 bits per heavy atom. The number of aromatic hydroxyl groups is 1. The van der Waals surface area contributed by atoms with Crippen LogP contribution in [0.2, 0.25) is 0 Å². The average Bonchev–Trinajstić information content (AvgIpc) is 2.61. The number of pyridine rings is 1. The lowest BCUT2D eigenvalue weighted by atomic mass is 10.1. The number of hydrogen-bond donors (Lipinski definition) is 2. The van der Waals surface area contributed by atoms with Crippen LogP contribution in [-0.4, -0.2) is 41.3 Å². The predicted molar refractivity (Wildman–Crippen MR) is 98.6 cm³/mol. The molecule has 134 valence electrons. The molecule has 0 aliphatic carbocycles. The number of rotatable bonds is 6.